The number of halogens is 1. The van der Waals surface area contributed by atoms with Crippen molar-refractivity contribution in [3.63, 3.8) is 0 Å². The van der Waals surface area contributed by atoms with E-state index in [4.69, 9.17) is 19.7 Å². The Morgan fingerprint density at radius 2 is 1.00 bits per heavy atom. The number of rotatable bonds is 12. The van der Waals surface area contributed by atoms with Crippen molar-refractivity contribution in [2.45, 2.75) is 59.3 Å². The summed E-state index contributed by atoms with van der Waals surface area (Å²) < 4.78 is 31.4. The molecule has 8 heteroatoms. The Hall–Kier alpha value is 1.15. The molecule has 0 bridgehead atoms. The van der Waals surface area contributed by atoms with Crippen molar-refractivity contribution in [3.05, 3.63) is 0 Å². The zero-order chi connectivity index (χ0) is 14.8. The van der Waals surface area contributed by atoms with Crippen LogP contribution in [0.25, 0.3) is 0 Å². The summed E-state index contributed by atoms with van der Waals surface area (Å²) in [5.74, 6) is 0. The Labute approximate surface area is 142 Å². The first-order valence-electron chi connectivity index (χ1n) is 7.21. The van der Waals surface area contributed by atoms with Crippen LogP contribution in [0.15, 0.2) is 0 Å². The predicted molar refractivity (Wildman–Crippen MR) is 78.5 cm³/mol. The molecule has 5 nitrogen and oxygen atoms in total. The maximum atomic E-state index is 7.21. The average Bonchev–Trinajstić information content (AvgIpc) is 2.40. The van der Waals surface area contributed by atoms with Crippen molar-refractivity contribution in [3.8, 4) is 0 Å². The molecular formula is C12H29Al2ClO5. The summed E-state index contributed by atoms with van der Waals surface area (Å²) in [6.45, 7) is 8.84. The first-order valence-corrected chi connectivity index (χ1v) is 9.66. The van der Waals surface area contributed by atoms with Gasteiger partial charge in [-0.15, -0.1) is 0 Å². The normalized spacial score (nSPS) is 9.05. The summed E-state index contributed by atoms with van der Waals surface area (Å²) in [4.78, 5) is 0. The minimum atomic E-state index is -1.83. The molecule has 0 unspecified atom stereocenters. The number of hydrogen-bond acceptors (Lipinski definition) is 5. The van der Waals surface area contributed by atoms with Crippen LogP contribution in [-0.4, -0.2) is 59.2 Å². The minimum absolute atomic E-state index is 0. The molecule has 0 aliphatic heterocycles. The van der Waals surface area contributed by atoms with E-state index in [-0.39, 0.29) is 12.4 Å². The van der Waals surface area contributed by atoms with Gasteiger partial charge in [0.25, 0.3) is 0 Å². The molecule has 0 aromatic rings. The molecule has 0 aliphatic rings. The van der Waals surface area contributed by atoms with Gasteiger partial charge in [-0.3, -0.25) is 0 Å². The van der Waals surface area contributed by atoms with Crippen LogP contribution >= 0.6 is 0 Å². The molecule has 0 spiro atoms. The van der Waals surface area contributed by atoms with Crippen LogP contribution in [-0.2, 0) is 11.4 Å². The van der Waals surface area contributed by atoms with E-state index >= 15 is 0 Å². The standard InChI is InChI=1S/3C4H9O.2Al.ClH.2H2O/c3*1-2-3-4-5;;;;;/h3*2-4H2,1H3;;;1H;2*1H2/q3*-1;2*+3;;;/p-3. The van der Waals surface area contributed by atoms with Gasteiger partial charge in [-0.05, 0) is 19.3 Å². The van der Waals surface area contributed by atoms with Crippen molar-refractivity contribution in [1.82, 2.24) is 0 Å². The van der Waals surface area contributed by atoms with E-state index in [0.717, 1.165) is 58.3 Å². The SMILES string of the molecule is CCCC[O][Al]([O]CCCC)[O]CCCC.[Cl-].[OH][Al+][OH]. The average molecular weight is 343 g/mol. The molecule has 0 saturated heterocycles. The second-order valence-corrected chi connectivity index (χ2v) is 5.89. The third-order valence-electron chi connectivity index (χ3n) is 2.26. The zero-order valence-electron chi connectivity index (χ0n) is 13.0. The third kappa shape index (κ3) is 24.2. The Bertz CT molecular complexity index is 134. The fraction of sp³-hybridized carbons (Fsp3) is 1.00. The van der Waals surface area contributed by atoms with Crippen LogP contribution in [0.5, 0.6) is 0 Å². The quantitative estimate of drug-likeness (QED) is 0.349. The fourth-order valence-electron chi connectivity index (χ4n) is 1.12. The Kier molecular flexibility index (Phi) is 32.8. The molecule has 120 valence electrons. The second-order valence-electron chi connectivity index (χ2n) is 4.08. The van der Waals surface area contributed by atoms with Crippen LogP contribution in [0.4, 0.5) is 0 Å². The van der Waals surface area contributed by atoms with Crippen molar-refractivity contribution < 1.29 is 32.1 Å². The Morgan fingerprint density at radius 1 is 0.750 bits per heavy atom. The molecule has 0 saturated carbocycles. The summed E-state index contributed by atoms with van der Waals surface area (Å²) in [6, 6.07) is 0. The summed E-state index contributed by atoms with van der Waals surface area (Å²) in [5, 5.41) is 0. The number of hydrogen-bond donors (Lipinski definition) is 2. The van der Waals surface area contributed by atoms with Gasteiger partial charge in [0.15, 0.2) is 0 Å². The zero-order valence-corrected chi connectivity index (χ0v) is 16.1. The predicted octanol–water partition coefficient (Wildman–Crippen LogP) is -1.07. The molecule has 0 radical (unpaired) electrons. The van der Waals surface area contributed by atoms with Crippen LogP contribution in [0.2, 0.25) is 0 Å². The van der Waals surface area contributed by atoms with E-state index in [1.165, 1.54) is 0 Å². The molecule has 0 fully saturated rings. The van der Waals surface area contributed by atoms with Gasteiger partial charge in [-0.1, -0.05) is 40.0 Å². The summed E-state index contributed by atoms with van der Waals surface area (Å²) in [6.07, 6.45) is 6.76. The van der Waals surface area contributed by atoms with Crippen LogP contribution in [0.3, 0.4) is 0 Å². The second kappa shape index (κ2) is 25.1. The molecule has 2 N–H and O–H groups in total. The molecule has 0 heterocycles. The van der Waals surface area contributed by atoms with Gasteiger partial charge in [-0.2, -0.15) is 0 Å². The molecule has 0 aromatic carbocycles. The maximum absolute atomic E-state index is 7.21. The van der Waals surface area contributed by atoms with Gasteiger partial charge < -0.3 is 23.8 Å². The Morgan fingerprint density at radius 3 is 1.20 bits per heavy atom. The Balaban J connectivity index is -0.000000657. The molecule has 0 amide bonds. The molecule has 0 aromatic heterocycles. The van der Waals surface area contributed by atoms with Gasteiger partial charge in [0.2, 0.25) is 0 Å². The third-order valence-corrected chi connectivity index (χ3v) is 3.78. The number of unbranched alkanes of at least 4 members (excludes halogenated alkanes) is 3. The van der Waals surface area contributed by atoms with E-state index in [9.17, 15) is 0 Å². The fourth-order valence-corrected chi connectivity index (χ4v) is 2.48. The van der Waals surface area contributed by atoms with Gasteiger partial charge in [0.1, 0.15) is 0 Å². The van der Waals surface area contributed by atoms with Crippen molar-refractivity contribution >= 4 is 31.0 Å². The first-order chi connectivity index (χ1) is 9.26. The monoisotopic (exact) mass is 342 g/mol. The van der Waals surface area contributed by atoms with E-state index in [1.54, 1.807) is 0 Å². The van der Waals surface area contributed by atoms with E-state index in [2.05, 4.69) is 20.8 Å². The van der Waals surface area contributed by atoms with E-state index < -0.39 is 31.0 Å². The van der Waals surface area contributed by atoms with E-state index in [1.807, 2.05) is 0 Å². The molecule has 20 heavy (non-hydrogen) atoms. The van der Waals surface area contributed by atoms with Crippen molar-refractivity contribution in [2.75, 3.05) is 19.8 Å². The van der Waals surface area contributed by atoms with Gasteiger partial charge in [-0.25, -0.2) is 0 Å². The van der Waals surface area contributed by atoms with Crippen LogP contribution in [0, 0.1) is 0 Å². The first kappa shape index (κ1) is 26.1. The summed E-state index contributed by atoms with van der Waals surface area (Å²) in [5.41, 5.74) is 0. The molecule has 0 aliphatic carbocycles. The molecular weight excluding hydrogens is 314 g/mol. The van der Waals surface area contributed by atoms with Gasteiger partial charge in [0, 0.05) is 19.8 Å². The molecule has 0 rings (SSSR count). The van der Waals surface area contributed by atoms with E-state index in [0.29, 0.717) is 0 Å². The summed E-state index contributed by atoms with van der Waals surface area (Å²) in [7, 11) is 0. The van der Waals surface area contributed by atoms with Crippen molar-refractivity contribution in [1.29, 1.82) is 0 Å². The van der Waals surface area contributed by atoms with Gasteiger partial charge in [0.05, 0.1) is 0 Å². The topological polar surface area (TPSA) is 68.2 Å². The van der Waals surface area contributed by atoms with Gasteiger partial charge >= 0.3 is 39.4 Å². The van der Waals surface area contributed by atoms with Crippen LogP contribution in [0.1, 0.15) is 59.3 Å². The van der Waals surface area contributed by atoms with Crippen molar-refractivity contribution in [2.24, 2.45) is 0 Å². The molecule has 0 atom stereocenters. The summed E-state index contributed by atoms with van der Waals surface area (Å²) >= 11 is -3.08. The van der Waals surface area contributed by atoms with Crippen LogP contribution < -0.4 is 12.4 Å².